The lowest BCUT2D eigenvalue weighted by atomic mass is 10.2. The van der Waals surface area contributed by atoms with Gasteiger partial charge in [-0.05, 0) is 25.8 Å². The molecular weight excluding hydrogens is 909 g/mol. The molecule has 17 N–H and O–H groups in total. The van der Waals surface area contributed by atoms with Gasteiger partial charge in [-0.15, -0.1) is 0 Å². The van der Waals surface area contributed by atoms with Crippen LogP contribution >= 0.6 is 0 Å². The van der Waals surface area contributed by atoms with E-state index < -0.39 is 161 Å². The fraction of sp³-hybridized carbons (Fsp3) is 0.595. The number of unbranched alkanes of at least 4 members (excludes halogenated alkanes) is 2. The van der Waals surface area contributed by atoms with Crippen molar-refractivity contribution in [2.24, 2.45) is 5.73 Å². The Balaban J connectivity index is 4.03. The predicted molar refractivity (Wildman–Crippen MR) is 233 cm³/mol. The Morgan fingerprint density at radius 1 is 0.250 bits per heavy atom. The summed E-state index contributed by atoms with van der Waals surface area (Å²) in [6, 6.07) is 0. The fourth-order valence-corrected chi connectivity index (χ4v) is 4.34. The molecule has 0 rings (SSSR count). The van der Waals surface area contributed by atoms with Crippen LogP contribution in [0.2, 0.25) is 0 Å². The molecule has 0 aliphatic rings. The van der Waals surface area contributed by atoms with Gasteiger partial charge >= 0.3 is 0 Å². The maximum atomic E-state index is 12.0. The quantitative estimate of drug-likeness (QED) is 0.0262. The number of hydrogen-bond acceptors (Lipinski definition) is 16. The maximum Gasteiger partial charge on any atom is 0.239 e. The molecule has 0 saturated carbocycles. The van der Waals surface area contributed by atoms with Gasteiger partial charge in [0.25, 0.3) is 0 Å². The zero-order chi connectivity index (χ0) is 51.1. The lowest BCUT2D eigenvalue weighted by Crippen LogP contribution is -2.48. The van der Waals surface area contributed by atoms with E-state index in [1.807, 2.05) is 6.92 Å². The molecule has 0 bridgehead atoms. The average Bonchev–Trinajstić information content (AvgIpc) is 3.32. The second-order valence-electron chi connectivity index (χ2n) is 13.8. The van der Waals surface area contributed by atoms with Gasteiger partial charge in [-0.1, -0.05) is 13.3 Å². The van der Waals surface area contributed by atoms with Gasteiger partial charge in [0.2, 0.25) is 88.6 Å². The van der Waals surface area contributed by atoms with Crippen molar-refractivity contribution in [3.8, 4) is 0 Å². The third-order valence-corrected chi connectivity index (χ3v) is 7.93. The van der Waals surface area contributed by atoms with E-state index >= 15 is 0 Å². The van der Waals surface area contributed by atoms with Crippen LogP contribution in [0.15, 0.2) is 0 Å². The third kappa shape index (κ3) is 36.4. The van der Waals surface area contributed by atoms with Crippen LogP contribution in [-0.4, -0.2) is 193 Å². The van der Waals surface area contributed by atoms with Crippen LogP contribution in [0.4, 0.5) is 0 Å². The minimum Gasteiger partial charge on any atom is -0.355 e. The van der Waals surface area contributed by atoms with Gasteiger partial charge in [0.1, 0.15) is 0 Å². The van der Waals surface area contributed by atoms with Gasteiger partial charge in [0, 0.05) is 13.0 Å². The van der Waals surface area contributed by atoms with E-state index in [1.165, 1.54) is 0 Å². The van der Waals surface area contributed by atoms with E-state index in [9.17, 15) is 71.9 Å². The third-order valence-electron chi connectivity index (χ3n) is 7.93. The first-order valence-electron chi connectivity index (χ1n) is 21.0. The average molecular weight is 971 g/mol. The summed E-state index contributed by atoms with van der Waals surface area (Å²) in [5.41, 5.74) is 5.38. The Labute approximate surface area is 389 Å². The number of nitrogens with two attached hydrogens (primary N) is 1. The lowest BCUT2D eigenvalue weighted by Gasteiger charge is -2.10. The van der Waals surface area contributed by atoms with E-state index in [0.29, 0.717) is 19.5 Å². The molecule has 68 heavy (non-hydrogen) atoms. The summed E-state index contributed by atoms with van der Waals surface area (Å²) in [7, 11) is 0. The van der Waals surface area contributed by atoms with Crippen molar-refractivity contribution < 1.29 is 71.9 Å². The molecule has 380 valence electrons. The van der Waals surface area contributed by atoms with Crippen molar-refractivity contribution in [1.29, 1.82) is 0 Å². The number of hydrogen-bond donors (Lipinski definition) is 16. The number of rotatable bonds is 35. The molecule has 0 fully saturated rings. The van der Waals surface area contributed by atoms with Crippen LogP contribution in [0.5, 0.6) is 0 Å². The summed E-state index contributed by atoms with van der Waals surface area (Å²) in [6.45, 7) is -4.48. The molecule has 0 spiro atoms. The molecule has 0 unspecified atom stereocenters. The van der Waals surface area contributed by atoms with Gasteiger partial charge in [0.05, 0.1) is 91.6 Å². The summed E-state index contributed by atoms with van der Waals surface area (Å²) in [6.07, 6.45) is 3.15. The van der Waals surface area contributed by atoms with Crippen molar-refractivity contribution in [1.82, 2.24) is 79.8 Å². The molecule has 31 nitrogen and oxygen atoms in total. The van der Waals surface area contributed by atoms with Crippen molar-refractivity contribution >= 4 is 88.6 Å². The minimum atomic E-state index is -0.818. The number of nitrogens with one attached hydrogen (secondary N) is 15. The topological polar surface area (TPSA) is 463 Å². The molecule has 0 saturated heterocycles. The zero-order valence-electron chi connectivity index (χ0n) is 37.6. The van der Waals surface area contributed by atoms with Crippen LogP contribution in [0.25, 0.3) is 0 Å². The predicted octanol–water partition coefficient (Wildman–Crippen LogP) is -11.3. The van der Waals surface area contributed by atoms with Gasteiger partial charge in [-0.2, -0.15) is 0 Å². The van der Waals surface area contributed by atoms with E-state index in [2.05, 4.69) is 79.8 Å². The minimum absolute atomic E-state index is 0.233. The summed E-state index contributed by atoms with van der Waals surface area (Å²) in [5.74, 6) is -10.6. The van der Waals surface area contributed by atoms with E-state index in [-0.39, 0.29) is 25.4 Å². The highest BCUT2D eigenvalue weighted by Crippen LogP contribution is 1.97. The SMILES string of the molecule is CCCNC(=O)CNC(=O)CNC(=O)CNC(=O)CNC(=O)CNC(=O)CNC(=O)CNC(=O)CNC(=O)CNC(=O)CNC(=O)CNC(=O)CNC(=O)CNC(=O)CNC(=O)CCCCCN. The number of amides is 15. The summed E-state index contributed by atoms with van der Waals surface area (Å²) in [5, 5.41) is 33.6. The molecule has 0 aromatic rings. The highest BCUT2D eigenvalue weighted by molar-refractivity contribution is 5.95. The van der Waals surface area contributed by atoms with Crippen LogP contribution in [-0.2, 0) is 71.9 Å². The number of carbonyl (C=O) groups excluding carboxylic acids is 15. The second-order valence-corrected chi connectivity index (χ2v) is 13.8. The molecular formula is C37H62N16O15. The fourth-order valence-electron chi connectivity index (χ4n) is 4.34. The van der Waals surface area contributed by atoms with Crippen LogP contribution in [0, 0.1) is 0 Å². The van der Waals surface area contributed by atoms with Crippen LogP contribution < -0.4 is 85.5 Å². The summed E-state index contributed by atoms with van der Waals surface area (Å²) >= 11 is 0. The van der Waals surface area contributed by atoms with E-state index in [1.54, 1.807) is 0 Å². The maximum absolute atomic E-state index is 12.0. The Morgan fingerprint density at radius 3 is 0.603 bits per heavy atom. The highest BCUT2D eigenvalue weighted by Gasteiger charge is 2.15. The monoisotopic (exact) mass is 970 g/mol. The van der Waals surface area contributed by atoms with Gasteiger partial charge < -0.3 is 85.5 Å². The first-order chi connectivity index (χ1) is 32.3. The van der Waals surface area contributed by atoms with Crippen molar-refractivity contribution in [3.05, 3.63) is 0 Å². The zero-order valence-corrected chi connectivity index (χ0v) is 37.6. The van der Waals surface area contributed by atoms with Crippen LogP contribution in [0.3, 0.4) is 0 Å². The molecule has 0 aromatic heterocycles. The summed E-state index contributed by atoms with van der Waals surface area (Å²) in [4.78, 5) is 178. The first kappa shape index (κ1) is 60.0. The summed E-state index contributed by atoms with van der Waals surface area (Å²) < 4.78 is 0. The Hall–Kier alpha value is -7.99. The van der Waals surface area contributed by atoms with Crippen LogP contribution in [0.1, 0.15) is 39.0 Å². The molecule has 0 aliphatic heterocycles. The smallest absolute Gasteiger partial charge is 0.239 e. The number of carbonyl (C=O) groups is 15. The first-order valence-corrected chi connectivity index (χ1v) is 21.0. The Morgan fingerprint density at radius 2 is 0.426 bits per heavy atom. The molecule has 0 aromatic carbocycles. The van der Waals surface area contributed by atoms with Gasteiger partial charge in [-0.25, -0.2) is 0 Å². The Bertz CT molecular complexity index is 1800. The molecule has 15 amide bonds. The molecule has 0 heterocycles. The van der Waals surface area contributed by atoms with Gasteiger partial charge in [-0.3, -0.25) is 71.9 Å². The normalized spacial score (nSPS) is 9.97. The largest absolute Gasteiger partial charge is 0.355 e. The lowest BCUT2D eigenvalue weighted by molar-refractivity contribution is -0.130. The van der Waals surface area contributed by atoms with Crippen molar-refractivity contribution in [2.45, 2.75) is 39.0 Å². The van der Waals surface area contributed by atoms with Crippen molar-refractivity contribution in [3.63, 3.8) is 0 Å². The molecule has 0 radical (unpaired) electrons. The van der Waals surface area contributed by atoms with Gasteiger partial charge in [0.15, 0.2) is 0 Å². The standard InChI is InChI=1S/C37H62N16O15/c1-2-8-39-24(55)9-41-26(57)11-43-28(59)13-45-30(61)15-47-32(63)17-49-34(65)19-51-36(67)21-53-37(68)22-52-35(66)20-50-33(64)18-48-31(62)16-46-29(60)14-44-27(58)12-42-25(56)10-40-23(54)6-4-3-5-7-38/h2-22,38H2,1H3,(H,39,55)(H,40,54)(H,41,57)(H,42,56)(H,43,59)(H,44,58)(H,45,61)(H,46,60)(H,47,63)(H,48,62)(H,49,65)(H,50,64)(H,51,67)(H,52,66)(H,53,68). The van der Waals surface area contributed by atoms with E-state index in [0.717, 1.165) is 19.3 Å². The molecule has 0 atom stereocenters. The Kier molecular flexibility index (Phi) is 32.9. The van der Waals surface area contributed by atoms with Crippen molar-refractivity contribution in [2.75, 3.05) is 105 Å². The highest BCUT2D eigenvalue weighted by atomic mass is 16.2. The molecule has 31 heteroatoms. The van der Waals surface area contributed by atoms with E-state index in [4.69, 9.17) is 5.73 Å². The molecule has 0 aliphatic carbocycles. The second kappa shape index (κ2) is 37.3.